The third-order valence-electron chi connectivity index (χ3n) is 2.70. The standard InChI is InChI=1S/C13H13BrN4O3/c14-10-3-1-9(2-4-10)7-12(19)15-5-6-18-8-11(13(20)21)16-17-18/h1-4,8H,5-7H2,(H,15,19)(H,20,21). The van der Waals surface area contributed by atoms with Crippen molar-refractivity contribution < 1.29 is 14.7 Å². The molecular weight excluding hydrogens is 340 g/mol. The van der Waals surface area contributed by atoms with Crippen molar-refractivity contribution in [1.82, 2.24) is 20.3 Å². The Hall–Kier alpha value is -2.22. The Morgan fingerprint density at radius 2 is 2.00 bits per heavy atom. The number of benzene rings is 1. The second-order valence-corrected chi connectivity index (χ2v) is 5.24. The zero-order valence-corrected chi connectivity index (χ0v) is 12.6. The summed E-state index contributed by atoms with van der Waals surface area (Å²) in [5, 5.41) is 18.6. The molecule has 0 bridgehead atoms. The van der Waals surface area contributed by atoms with Gasteiger partial charge in [-0.05, 0) is 17.7 Å². The van der Waals surface area contributed by atoms with Gasteiger partial charge in [0.2, 0.25) is 5.91 Å². The normalized spacial score (nSPS) is 10.3. The van der Waals surface area contributed by atoms with E-state index in [1.54, 1.807) is 0 Å². The van der Waals surface area contributed by atoms with Gasteiger partial charge in [-0.2, -0.15) is 0 Å². The van der Waals surface area contributed by atoms with Crippen molar-refractivity contribution in [1.29, 1.82) is 0 Å². The molecule has 0 spiro atoms. The maximum absolute atomic E-state index is 11.7. The summed E-state index contributed by atoms with van der Waals surface area (Å²) in [5.74, 6) is -1.23. The highest BCUT2D eigenvalue weighted by Gasteiger charge is 2.08. The van der Waals surface area contributed by atoms with Crippen LogP contribution in [0.15, 0.2) is 34.9 Å². The van der Waals surface area contributed by atoms with E-state index in [-0.39, 0.29) is 11.6 Å². The van der Waals surface area contributed by atoms with Crippen LogP contribution in [0.2, 0.25) is 0 Å². The van der Waals surface area contributed by atoms with Crippen LogP contribution in [0.25, 0.3) is 0 Å². The van der Waals surface area contributed by atoms with E-state index < -0.39 is 5.97 Å². The van der Waals surface area contributed by atoms with E-state index in [1.165, 1.54) is 10.9 Å². The largest absolute Gasteiger partial charge is 0.476 e. The van der Waals surface area contributed by atoms with Crippen molar-refractivity contribution in [2.24, 2.45) is 0 Å². The second kappa shape index (κ2) is 6.98. The molecule has 1 heterocycles. The van der Waals surface area contributed by atoms with Crippen LogP contribution in [0, 0.1) is 0 Å². The van der Waals surface area contributed by atoms with E-state index in [2.05, 4.69) is 31.6 Å². The lowest BCUT2D eigenvalue weighted by atomic mass is 10.1. The molecule has 1 aromatic carbocycles. The summed E-state index contributed by atoms with van der Waals surface area (Å²) < 4.78 is 2.34. The summed E-state index contributed by atoms with van der Waals surface area (Å²) in [4.78, 5) is 22.4. The number of carbonyl (C=O) groups is 2. The van der Waals surface area contributed by atoms with Crippen molar-refractivity contribution >= 4 is 27.8 Å². The van der Waals surface area contributed by atoms with E-state index in [0.717, 1.165) is 10.0 Å². The molecule has 110 valence electrons. The van der Waals surface area contributed by atoms with Crippen molar-refractivity contribution in [3.63, 3.8) is 0 Å². The number of nitrogens with one attached hydrogen (secondary N) is 1. The van der Waals surface area contributed by atoms with Gasteiger partial charge >= 0.3 is 5.97 Å². The third kappa shape index (κ3) is 4.67. The first kappa shape index (κ1) is 15.2. The number of amides is 1. The number of aromatic nitrogens is 3. The van der Waals surface area contributed by atoms with Crippen LogP contribution in [-0.4, -0.2) is 38.5 Å². The molecule has 8 heteroatoms. The monoisotopic (exact) mass is 352 g/mol. The van der Waals surface area contributed by atoms with Gasteiger partial charge in [-0.3, -0.25) is 4.79 Å². The fourth-order valence-electron chi connectivity index (χ4n) is 1.67. The van der Waals surface area contributed by atoms with E-state index in [0.29, 0.717) is 19.5 Å². The number of carboxylic acids is 1. The molecule has 21 heavy (non-hydrogen) atoms. The molecule has 2 N–H and O–H groups in total. The summed E-state index contributed by atoms with van der Waals surface area (Å²) in [5.41, 5.74) is 0.806. The minimum Gasteiger partial charge on any atom is -0.476 e. The fraction of sp³-hybridized carbons (Fsp3) is 0.231. The lowest BCUT2D eigenvalue weighted by Gasteiger charge is -2.05. The third-order valence-corrected chi connectivity index (χ3v) is 3.23. The van der Waals surface area contributed by atoms with Crippen LogP contribution in [0.5, 0.6) is 0 Å². The quantitative estimate of drug-likeness (QED) is 0.811. The SMILES string of the molecule is O=C(Cc1ccc(Br)cc1)NCCn1cc(C(=O)O)nn1. The lowest BCUT2D eigenvalue weighted by molar-refractivity contribution is -0.120. The molecule has 2 rings (SSSR count). The Morgan fingerprint density at radius 1 is 1.29 bits per heavy atom. The van der Waals surface area contributed by atoms with Gasteiger partial charge in [0.15, 0.2) is 5.69 Å². The van der Waals surface area contributed by atoms with Crippen LogP contribution < -0.4 is 5.32 Å². The zero-order chi connectivity index (χ0) is 15.2. The highest BCUT2D eigenvalue weighted by Crippen LogP contribution is 2.10. The summed E-state index contributed by atoms with van der Waals surface area (Å²) in [6.07, 6.45) is 1.62. The van der Waals surface area contributed by atoms with Crippen LogP contribution in [0.1, 0.15) is 16.1 Å². The summed E-state index contributed by atoms with van der Waals surface area (Å²) in [6.45, 7) is 0.726. The van der Waals surface area contributed by atoms with Gasteiger partial charge in [-0.25, -0.2) is 9.48 Å². The van der Waals surface area contributed by atoms with Crippen molar-refractivity contribution in [3.05, 3.63) is 46.2 Å². The molecular formula is C13H13BrN4O3. The Labute approximate surface area is 129 Å². The first-order chi connectivity index (χ1) is 10.0. The Morgan fingerprint density at radius 3 is 2.62 bits per heavy atom. The topological polar surface area (TPSA) is 97.1 Å². The minimum absolute atomic E-state index is 0.101. The number of hydrogen-bond acceptors (Lipinski definition) is 4. The predicted molar refractivity (Wildman–Crippen MR) is 77.8 cm³/mol. The molecule has 0 fully saturated rings. The summed E-state index contributed by atoms with van der Waals surface area (Å²) in [7, 11) is 0. The maximum Gasteiger partial charge on any atom is 0.358 e. The maximum atomic E-state index is 11.7. The average Bonchev–Trinajstić information content (AvgIpc) is 2.90. The molecule has 0 radical (unpaired) electrons. The fourth-order valence-corrected chi connectivity index (χ4v) is 1.93. The van der Waals surface area contributed by atoms with E-state index in [1.807, 2.05) is 24.3 Å². The molecule has 0 unspecified atom stereocenters. The molecule has 0 aliphatic heterocycles. The van der Waals surface area contributed by atoms with Crippen molar-refractivity contribution in [2.75, 3.05) is 6.54 Å². The molecule has 1 aromatic heterocycles. The zero-order valence-electron chi connectivity index (χ0n) is 11.0. The molecule has 0 aliphatic rings. The first-order valence-corrected chi connectivity index (χ1v) is 6.98. The number of halogens is 1. The minimum atomic E-state index is -1.12. The van der Waals surface area contributed by atoms with Crippen molar-refractivity contribution in [2.45, 2.75) is 13.0 Å². The van der Waals surface area contributed by atoms with E-state index >= 15 is 0 Å². The number of carboxylic acid groups (broad SMARTS) is 1. The van der Waals surface area contributed by atoms with Gasteiger partial charge < -0.3 is 10.4 Å². The highest BCUT2D eigenvalue weighted by molar-refractivity contribution is 9.10. The number of carbonyl (C=O) groups excluding carboxylic acids is 1. The van der Waals surface area contributed by atoms with E-state index in [9.17, 15) is 9.59 Å². The number of nitrogens with zero attached hydrogens (tertiary/aromatic N) is 3. The van der Waals surface area contributed by atoms with Gasteiger partial charge in [-0.15, -0.1) is 5.10 Å². The number of rotatable bonds is 6. The van der Waals surface area contributed by atoms with E-state index in [4.69, 9.17) is 5.11 Å². The highest BCUT2D eigenvalue weighted by atomic mass is 79.9. The van der Waals surface area contributed by atoms with Gasteiger partial charge in [0.05, 0.1) is 19.2 Å². The van der Waals surface area contributed by atoms with Gasteiger partial charge in [-0.1, -0.05) is 33.3 Å². The van der Waals surface area contributed by atoms with Gasteiger partial charge in [0.25, 0.3) is 0 Å². The van der Waals surface area contributed by atoms with Crippen molar-refractivity contribution in [3.8, 4) is 0 Å². The average molecular weight is 353 g/mol. The second-order valence-electron chi connectivity index (χ2n) is 4.33. The first-order valence-electron chi connectivity index (χ1n) is 6.19. The molecule has 0 aliphatic carbocycles. The Balaban J connectivity index is 1.76. The predicted octanol–water partition coefficient (Wildman–Crippen LogP) is 1.10. The Bertz CT molecular complexity index is 639. The lowest BCUT2D eigenvalue weighted by Crippen LogP contribution is -2.28. The van der Waals surface area contributed by atoms with Gasteiger partial charge in [0.1, 0.15) is 0 Å². The Kier molecular flexibility index (Phi) is 5.04. The molecule has 1 amide bonds. The molecule has 2 aromatic rings. The number of aromatic carboxylic acids is 1. The molecule has 0 saturated carbocycles. The van der Waals surface area contributed by atoms with Crippen LogP contribution in [0.3, 0.4) is 0 Å². The van der Waals surface area contributed by atoms with Crippen LogP contribution >= 0.6 is 15.9 Å². The molecule has 0 saturated heterocycles. The van der Waals surface area contributed by atoms with Crippen LogP contribution in [-0.2, 0) is 17.8 Å². The van der Waals surface area contributed by atoms with Gasteiger partial charge in [0, 0.05) is 11.0 Å². The molecule has 0 atom stereocenters. The molecule has 7 nitrogen and oxygen atoms in total. The number of hydrogen-bond donors (Lipinski definition) is 2. The smallest absolute Gasteiger partial charge is 0.358 e. The summed E-state index contributed by atoms with van der Waals surface area (Å²) in [6, 6.07) is 7.51. The summed E-state index contributed by atoms with van der Waals surface area (Å²) >= 11 is 3.33. The van der Waals surface area contributed by atoms with Crippen LogP contribution in [0.4, 0.5) is 0 Å².